The summed E-state index contributed by atoms with van der Waals surface area (Å²) in [5.41, 5.74) is 4.67. The van der Waals surface area contributed by atoms with E-state index in [9.17, 15) is 0 Å². The van der Waals surface area contributed by atoms with Crippen LogP contribution in [0.15, 0.2) is 30.3 Å². The first-order chi connectivity index (χ1) is 7.86. The van der Waals surface area contributed by atoms with Crippen LogP contribution >= 0.6 is 0 Å². The van der Waals surface area contributed by atoms with E-state index >= 15 is 0 Å². The minimum absolute atomic E-state index is 1.13. The van der Waals surface area contributed by atoms with Gasteiger partial charge in [0, 0.05) is 18.8 Å². The molecule has 2 heteroatoms. The van der Waals surface area contributed by atoms with Crippen LogP contribution in [-0.2, 0) is 0 Å². The summed E-state index contributed by atoms with van der Waals surface area (Å²) in [6.07, 6.45) is 5.01. The molecule has 0 aromatic heterocycles. The number of benzene rings is 1. The van der Waals surface area contributed by atoms with E-state index in [1.165, 1.54) is 31.4 Å². The molecular formula is C14H24N2. The number of rotatable bonds is 8. The molecule has 0 saturated carbocycles. The van der Waals surface area contributed by atoms with E-state index in [2.05, 4.69) is 48.5 Å². The zero-order valence-corrected chi connectivity index (χ0v) is 10.6. The Bertz CT molecular complexity index is 251. The first-order valence-corrected chi connectivity index (χ1v) is 6.43. The molecule has 0 saturated heterocycles. The summed E-state index contributed by atoms with van der Waals surface area (Å²) in [7, 11) is 0. The molecule has 1 rings (SSSR count). The zero-order valence-electron chi connectivity index (χ0n) is 10.6. The van der Waals surface area contributed by atoms with Crippen LogP contribution in [0.2, 0.25) is 0 Å². The highest BCUT2D eigenvalue weighted by Gasteiger charge is 2.02. The van der Waals surface area contributed by atoms with Gasteiger partial charge in [0.25, 0.3) is 0 Å². The van der Waals surface area contributed by atoms with E-state index in [1.807, 2.05) is 6.07 Å². The van der Waals surface area contributed by atoms with E-state index in [1.54, 1.807) is 0 Å². The van der Waals surface area contributed by atoms with Crippen molar-refractivity contribution in [2.45, 2.75) is 39.5 Å². The lowest BCUT2D eigenvalue weighted by Gasteiger charge is -2.24. The molecule has 1 N–H and O–H groups in total. The van der Waals surface area contributed by atoms with Crippen LogP contribution in [0.5, 0.6) is 0 Å². The molecule has 0 amide bonds. The number of hydrogen-bond donors (Lipinski definition) is 1. The number of nitrogens with one attached hydrogen (secondary N) is 1. The Balaban J connectivity index is 2.42. The van der Waals surface area contributed by atoms with Gasteiger partial charge >= 0.3 is 0 Å². The first-order valence-electron chi connectivity index (χ1n) is 6.43. The van der Waals surface area contributed by atoms with Crippen LogP contribution < -0.4 is 5.43 Å². The smallest absolute Gasteiger partial charge is 0.0490 e. The van der Waals surface area contributed by atoms with Crippen molar-refractivity contribution in [3.8, 4) is 0 Å². The Morgan fingerprint density at radius 3 is 2.00 bits per heavy atom. The molecule has 90 valence electrons. The summed E-state index contributed by atoms with van der Waals surface area (Å²) in [6.45, 7) is 6.73. The third-order valence-corrected chi connectivity index (χ3v) is 2.62. The largest absolute Gasteiger partial charge is 0.319 e. The molecule has 0 spiro atoms. The van der Waals surface area contributed by atoms with Gasteiger partial charge in [-0.2, -0.15) is 0 Å². The Morgan fingerprint density at radius 2 is 1.50 bits per heavy atom. The molecule has 16 heavy (non-hydrogen) atoms. The van der Waals surface area contributed by atoms with Crippen molar-refractivity contribution < 1.29 is 0 Å². The van der Waals surface area contributed by atoms with Crippen LogP contribution in [0.3, 0.4) is 0 Å². The molecule has 0 heterocycles. The Labute approximate surface area is 99.6 Å². The molecule has 0 atom stereocenters. The Hall–Kier alpha value is -1.02. The Morgan fingerprint density at radius 1 is 0.938 bits per heavy atom. The van der Waals surface area contributed by atoms with Crippen LogP contribution in [-0.4, -0.2) is 18.1 Å². The molecular weight excluding hydrogens is 196 g/mol. The molecule has 0 fully saturated rings. The van der Waals surface area contributed by atoms with E-state index in [0.29, 0.717) is 0 Å². The molecule has 0 bridgehead atoms. The van der Waals surface area contributed by atoms with Gasteiger partial charge in [-0.1, -0.05) is 44.9 Å². The highest BCUT2D eigenvalue weighted by Crippen LogP contribution is 2.08. The van der Waals surface area contributed by atoms with Crippen molar-refractivity contribution in [2.75, 3.05) is 18.5 Å². The monoisotopic (exact) mass is 220 g/mol. The molecule has 0 radical (unpaired) electrons. The summed E-state index contributed by atoms with van der Waals surface area (Å²) in [5, 5.41) is 2.34. The summed E-state index contributed by atoms with van der Waals surface area (Å²) >= 11 is 0. The topological polar surface area (TPSA) is 15.3 Å². The lowest BCUT2D eigenvalue weighted by molar-refractivity contribution is 0.317. The number of hydrazine groups is 1. The predicted octanol–water partition coefficient (Wildman–Crippen LogP) is 3.92. The number of para-hydroxylation sites is 1. The molecule has 0 unspecified atom stereocenters. The van der Waals surface area contributed by atoms with Crippen LogP contribution in [0.1, 0.15) is 39.5 Å². The van der Waals surface area contributed by atoms with Gasteiger partial charge in [0.2, 0.25) is 0 Å². The minimum Gasteiger partial charge on any atom is -0.319 e. The predicted molar refractivity (Wildman–Crippen MR) is 71.5 cm³/mol. The van der Waals surface area contributed by atoms with E-state index in [4.69, 9.17) is 0 Å². The maximum atomic E-state index is 3.48. The van der Waals surface area contributed by atoms with Crippen molar-refractivity contribution >= 4 is 5.69 Å². The maximum Gasteiger partial charge on any atom is 0.0490 e. The Kier molecular flexibility index (Phi) is 6.66. The lowest BCUT2D eigenvalue weighted by atomic mass is 10.3. The maximum absolute atomic E-state index is 3.48. The van der Waals surface area contributed by atoms with Crippen molar-refractivity contribution in [2.24, 2.45) is 0 Å². The first kappa shape index (κ1) is 13.0. The van der Waals surface area contributed by atoms with Gasteiger partial charge < -0.3 is 5.43 Å². The van der Waals surface area contributed by atoms with Gasteiger partial charge in [-0.3, -0.25) is 0 Å². The van der Waals surface area contributed by atoms with Gasteiger partial charge in [0.15, 0.2) is 0 Å². The van der Waals surface area contributed by atoms with Crippen LogP contribution in [0.4, 0.5) is 5.69 Å². The zero-order chi connectivity index (χ0) is 11.6. The van der Waals surface area contributed by atoms with Crippen LogP contribution in [0.25, 0.3) is 0 Å². The third-order valence-electron chi connectivity index (χ3n) is 2.62. The average molecular weight is 220 g/mol. The fourth-order valence-electron chi connectivity index (χ4n) is 1.62. The molecule has 0 aliphatic rings. The highest BCUT2D eigenvalue weighted by atomic mass is 15.5. The second-order valence-corrected chi connectivity index (χ2v) is 4.17. The number of unbranched alkanes of at least 4 members (excludes halogenated alkanes) is 2. The average Bonchev–Trinajstić information content (AvgIpc) is 2.34. The van der Waals surface area contributed by atoms with E-state index in [-0.39, 0.29) is 0 Å². The quantitative estimate of drug-likeness (QED) is 0.668. The summed E-state index contributed by atoms with van der Waals surface area (Å²) in [4.78, 5) is 0. The number of hydrogen-bond acceptors (Lipinski definition) is 2. The third kappa shape index (κ3) is 5.17. The fourth-order valence-corrected chi connectivity index (χ4v) is 1.62. The van der Waals surface area contributed by atoms with Crippen LogP contribution in [0, 0.1) is 0 Å². The van der Waals surface area contributed by atoms with Crippen molar-refractivity contribution in [3.05, 3.63) is 30.3 Å². The van der Waals surface area contributed by atoms with Crippen molar-refractivity contribution in [3.63, 3.8) is 0 Å². The van der Waals surface area contributed by atoms with E-state index < -0.39 is 0 Å². The lowest BCUT2D eigenvalue weighted by Crippen LogP contribution is -2.31. The van der Waals surface area contributed by atoms with Gasteiger partial charge in [0.1, 0.15) is 0 Å². The molecule has 1 aromatic carbocycles. The van der Waals surface area contributed by atoms with Crippen molar-refractivity contribution in [1.29, 1.82) is 0 Å². The molecule has 1 aromatic rings. The second kappa shape index (κ2) is 8.17. The summed E-state index contributed by atoms with van der Waals surface area (Å²) in [6, 6.07) is 10.4. The van der Waals surface area contributed by atoms with E-state index in [0.717, 1.165) is 13.1 Å². The highest BCUT2D eigenvalue weighted by molar-refractivity contribution is 5.41. The fraction of sp³-hybridized carbons (Fsp3) is 0.571. The minimum atomic E-state index is 1.13. The number of anilines is 1. The normalized spacial score (nSPS) is 10.7. The van der Waals surface area contributed by atoms with Crippen molar-refractivity contribution in [1.82, 2.24) is 5.01 Å². The molecule has 0 aliphatic heterocycles. The van der Waals surface area contributed by atoms with Gasteiger partial charge in [-0.25, -0.2) is 5.01 Å². The molecule has 0 aliphatic carbocycles. The van der Waals surface area contributed by atoms with Gasteiger partial charge in [-0.05, 0) is 25.0 Å². The number of nitrogens with zero attached hydrogens (tertiary/aromatic N) is 1. The molecule has 2 nitrogen and oxygen atoms in total. The van der Waals surface area contributed by atoms with Gasteiger partial charge in [0.05, 0.1) is 0 Å². The van der Waals surface area contributed by atoms with Gasteiger partial charge in [-0.15, -0.1) is 0 Å². The summed E-state index contributed by atoms with van der Waals surface area (Å²) in [5.74, 6) is 0. The standard InChI is InChI=1S/C14H24N2/c1-3-5-12-16(13-6-4-2)15-14-10-8-7-9-11-14/h7-11,15H,3-6,12-13H2,1-2H3. The summed E-state index contributed by atoms with van der Waals surface area (Å²) < 4.78 is 0. The second-order valence-electron chi connectivity index (χ2n) is 4.17. The SMILES string of the molecule is CCCCN(CCCC)Nc1ccccc1.